The van der Waals surface area contributed by atoms with E-state index in [4.69, 9.17) is 15.5 Å². The van der Waals surface area contributed by atoms with Gasteiger partial charge in [0.15, 0.2) is 0 Å². The van der Waals surface area contributed by atoms with Gasteiger partial charge in [0.1, 0.15) is 5.82 Å². The number of H-pyrrole nitrogens is 1. The zero-order chi connectivity index (χ0) is 23.7. The Balaban J connectivity index is 1.55. The number of aromatic amines is 1. The Kier molecular flexibility index (Phi) is 6.28. The first-order valence-electron chi connectivity index (χ1n) is 12.2. The molecule has 7 heteroatoms. The highest BCUT2D eigenvalue weighted by Crippen LogP contribution is 2.36. The number of nitrogens with two attached hydrogens (primary N) is 1. The molecule has 0 spiro atoms. The van der Waals surface area contributed by atoms with Gasteiger partial charge in [-0.05, 0) is 68.7 Å². The van der Waals surface area contributed by atoms with Gasteiger partial charge in [0.2, 0.25) is 0 Å². The maximum atomic E-state index is 12.1. The quantitative estimate of drug-likeness (QED) is 0.426. The van der Waals surface area contributed by atoms with Gasteiger partial charge in [-0.1, -0.05) is 18.7 Å². The second-order valence-corrected chi connectivity index (χ2v) is 9.32. The molecule has 2 aliphatic heterocycles. The third kappa shape index (κ3) is 4.16. The van der Waals surface area contributed by atoms with Crippen LogP contribution in [0.25, 0.3) is 21.8 Å². The predicted octanol–water partition coefficient (Wildman–Crippen LogP) is 4.14. The standard InChI is InChI=1S/C27H33N5O2/c1-3-18(17-28)14-20-16-24-25(22-7-6-19(27(33)34-2)15-23(22)30-24)26(29-20)32-12-8-21(9-13-32)31-10-4-5-11-31/h3,6-7,15-17,21,30H,1,4-5,8-14,28H2,2H3/b18-17+. The number of aromatic nitrogens is 2. The lowest BCUT2D eigenvalue weighted by molar-refractivity contribution is 0.0601. The van der Waals surface area contributed by atoms with Gasteiger partial charge in [-0.2, -0.15) is 0 Å². The molecule has 0 amide bonds. The summed E-state index contributed by atoms with van der Waals surface area (Å²) in [6.07, 6.45) is 8.96. The van der Waals surface area contributed by atoms with E-state index in [-0.39, 0.29) is 5.97 Å². The van der Waals surface area contributed by atoms with Crippen LogP contribution >= 0.6 is 0 Å². The Morgan fingerprint density at radius 3 is 2.65 bits per heavy atom. The number of benzene rings is 1. The topological polar surface area (TPSA) is 87.5 Å². The Morgan fingerprint density at radius 2 is 1.97 bits per heavy atom. The molecule has 2 fully saturated rings. The van der Waals surface area contributed by atoms with Crippen molar-refractivity contribution in [3.8, 4) is 0 Å². The third-order valence-electron chi connectivity index (χ3n) is 7.32. The second-order valence-electron chi connectivity index (χ2n) is 9.32. The molecule has 3 N–H and O–H groups in total. The summed E-state index contributed by atoms with van der Waals surface area (Å²) in [6, 6.07) is 8.44. The fraction of sp³-hybridized carbons (Fsp3) is 0.407. The van der Waals surface area contributed by atoms with Gasteiger partial charge in [-0.15, -0.1) is 0 Å². The molecule has 5 rings (SSSR count). The smallest absolute Gasteiger partial charge is 0.337 e. The lowest BCUT2D eigenvalue weighted by Gasteiger charge is -2.37. The molecular formula is C27H33N5O2. The highest BCUT2D eigenvalue weighted by atomic mass is 16.5. The molecule has 0 radical (unpaired) electrons. The Hall–Kier alpha value is -3.32. The first-order valence-corrected chi connectivity index (χ1v) is 12.2. The fourth-order valence-electron chi connectivity index (χ4n) is 5.48. The molecular weight excluding hydrogens is 426 g/mol. The van der Waals surface area contributed by atoms with E-state index in [0.29, 0.717) is 18.0 Å². The van der Waals surface area contributed by atoms with E-state index >= 15 is 0 Å². The van der Waals surface area contributed by atoms with Crippen LogP contribution in [0.2, 0.25) is 0 Å². The fourth-order valence-corrected chi connectivity index (χ4v) is 5.48. The number of hydrogen-bond donors (Lipinski definition) is 2. The number of methoxy groups -OCH3 is 1. The maximum absolute atomic E-state index is 12.1. The number of anilines is 1. The van der Waals surface area contributed by atoms with Crippen molar-refractivity contribution in [2.45, 2.75) is 38.1 Å². The Bertz CT molecular complexity index is 1250. The molecule has 34 heavy (non-hydrogen) atoms. The largest absolute Gasteiger partial charge is 0.465 e. The molecule has 0 saturated carbocycles. The summed E-state index contributed by atoms with van der Waals surface area (Å²) in [6.45, 7) is 8.33. The molecule has 2 saturated heterocycles. The van der Waals surface area contributed by atoms with Crippen molar-refractivity contribution in [2.75, 3.05) is 38.2 Å². The first kappa shape index (κ1) is 22.5. The van der Waals surface area contributed by atoms with Crippen LogP contribution < -0.4 is 10.6 Å². The normalized spacial score (nSPS) is 18.1. The minimum atomic E-state index is -0.340. The SMILES string of the molecule is C=C/C(=C\N)Cc1cc2[nH]c3cc(C(=O)OC)ccc3c2c(N2CCC(N3CCCC3)CC2)n1. The molecule has 178 valence electrons. The van der Waals surface area contributed by atoms with Crippen LogP contribution in [-0.2, 0) is 11.2 Å². The van der Waals surface area contributed by atoms with Crippen molar-refractivity contribution in [3.05, 3.63) is 60.0 Å². The van der Waals surface area contributed by atoms with Gasteiger partial charge < -0.3 is 25.3 Å². The molecule has 0 atom stereocenters. The summed E-state index contributed by atoms with van der Waals surface area (Å²) in [5.74, 6) is 0.664. The van der Waals surface area contributed by atoms with Crippen molar-refractivity contribution in [3.63, 3.8) is 0 Å². The molecule has 2 aromatic heterocycles. The highest BCUT2D eigenvalue weighted by Gasteiger charge is 2.28. The molecule has 4 heterocycles. The number of likely N-dealkylation sites (tertiary alicyclic amines) is 1. The van der Waals surface area contributed by atoms with Gasteiger partial charge >= 0.3 is 5.97 Å². The number of piperidine rings is 1. The number of pyridine rings is 1. The predicted molar refractivity (Wildman–Crippen MR) is 137 cm³/mol. The molecule has 1 aromatic carbocycles. The average Bonchev–Trinajstić information content (AvgIpc) is 3.54. The van der Waals surface area contributed by atoms with Gasteiger partial charge in [0, 0.05) is 47.5 Å². The van der Waals surface area contributed by atoms with E-state index in [1.807, 2.05) is 18.2 Å². The van der Waals surface area contributed by atoms with Crippen LogP contribution in [0.5, 0.6) is 0 Å². The molecule has 7 nitrogen and oxygen atoms in total. The number of carbonyl (C=O) groups excluding carboxylic acids is 1. The third-order valence-corrected chi connectivity index (χ3v) is 7.32. The molecule has 0 bridgehead atoms. The van der Waals surface area contributed by atoms with Crippen LogP contribution in [0.4, 0.5) is 5.82 Å². The Labute approximate surface area is 200 Å². The van der Waals surface area contributed by atoms with Crippen LogP contribution in [0.1, 0.15) is 41.7 Å². The lowest BCUT2D eigenvalue weighted by atomic mass is 10.0. The molecule has 2 aliphatic rings. The van der Waals surface area contributed by atoms with Crippen molar-refractivity contribution in [2.24, 2.45) is 5.73 Å². The second kappa shape index (κ2) is 9.50. The minimum Gasteiger partial charge on any atom is -0.465 e. The molecule has 3 aromatic rings. The first-order chi connectivity index (χ1) is 16.6. The summed E-state index contributed by atoms with van der Waals surface area (Å²) < 4.78 is 4.91. The molecule has 0 aliphatic carbocycles. The number of fused-ring (bicyclic) bond motifs is 3. The number of hydrogen-bond acceptors (Lipinski definition) is 6. The zero-order valence-corrected chi connectivity index (χ0v) is 19.8. The zero-order valence-electron chi connectivity index (χ0n) is 19.8. The monoisotopic (exact) mass is 459 g/mol. The van der Waals surface area contributed by atoms with Crippen LogP contribution in [0.15, 0.2) is 48.7 Å². The summed E-state index contributed by atoms with van der Waals surface area (Å²) in [4.78, 5) is 25.8. The van der Waals surface area contributed by atoms with Gasteiger partial charge in [0.05, 0.1) is 18.2 Å². The number of esters is 1. The van der Waals surface area contributed by atoms with Crippen LogP contribution in [0, 0.1) is 0 Å². The van der Waals surface area contributed by atoms with Gasteiger partial charge in [0.25, 0.3) is 0 Å². The number of carbonyl (C=O) groups is 1. The number of rotatable bonds is 6. The maximum Gasteiger partial charge on any atom is 0.337 e. The van der Waals surface area contributed by atoms with Crippen molar-refractivity contribution in [1.29, 1.82) is 0 Å². The minimum absolute atomic E-state index is 0.340. The summed E-state index contributed by atoms with van der Waals surface area (Å²) in [5, 5.41) is 2.17. The number of allylic oxidation sites excluding steroid dienone is 2. The van der Waals surface area contributed by atoms with Crippen LogP contribution in [0.3, 0.4) is 0 Å². The summed E-state index contributed by atoms with van der Waals surface area (Å²) in [7, 11) is 1.40. The highest BCUT2D eigenvalue weighted by molar-refractivity contribution is 6.13. The average molecular weight is 460 g/mol. The van der Waals surface area contributed by atoms with Crippen LogP contribution in [-0.4, -0.2) is 60.2 Å². The molecule has 0 unspecified atom stereocenters. The van der Waals surface area contributed by atoms with E-state index in [1.165, 1.54) is 33.0 Å². The van der Waals surface area contributed by atoms with E-state index in [0.717, 1.165) is 64.8 Å². The van der Waals surface area contributed by atoms with Gasteiger partial charge in [-0.3, -0.25) is 0 Å². The Morgan fingerprint density at radius 1 is 1.21 bits per heavy atom. The van der Waals surface area contributed by atoms with E-state index in [9.17, 15) is 4.79 Å². The lowest BCUT2D eigenvalue weighted by Crippen LogP contribution is -2.44. The van der Waals surface area contributed by atoms with Crippen molar-refractivity contribution < 1.29 is 9.53 Å². The summed E-state index contributed by atoms with van der Waals surface area (Å²) >= 11 is 0. The number of nitrogens with one attached hydrogen (secondary N) is 1. The van der Waals surface area contributed by atoms with E-state index in [1.54, 1.807) is 12.3 Å². The van der Waals surface area contributed by atoms with Crippen molar-refractivity contribution in [1.82, 2.24) is 14.9 Å². The van der Waals surface area contributed by atoms with Gasteiger partial charge in [-0.25, -0.2) is 9.78 Å². The number of ether oxygens (including phenoxy) is 1. The summed E-state index contributed by atoms with van der Waals surface area (Å²) in [5.41, 5.74) is 10.1. The van der Waals surface area contributed by atoms with E-state index in [2.05, 4.69) is 27.4 Å². The van der Waals surface area contributed by atoms with E-state index < -0.39 is 0 Å². The number of nitrogens with zero attached hydrogens (tertiary/aromatic N) is 3. The van der Waals surface area contributed by atoms with Crippen molar-refractivity contribution >= 4 is 33.6 Å².